The molecule has 0 fully saturated rings. The minimum absolute atomic E-state index is 0.566. The van der Waals surface area contributed by atoms with Gasteiger partial charge in [-0.15, -0.1) is 0 Å². The third-order valence-electron chi connectivity index (χ3n) is 3.10. The van der Waals surface area contributed by atoms with Crippen molar-refractivity contribution >= 4 is 11.0 Å². The topological polar surface area (TPSA) is 21.1 Å². The first-order valence-electron chi connectivity index (χ1n) is 6.17. The highest BCUT2D eigenvalue weighted by Crippen LogP contribution is 2.20. The van der Waals surface area contributed by atoms with Crippen LogP contribution in [0.25, 0.3) is 11.0 Å². The third-order valence-corrected chi connectivity index (χ3v) is 3.10. The molecule has 2 aromatic rings. The Hall–Kier alpha value is -1.35. The van der Waals surface area contributed by atoms with Gasteiger partial charge in [0.05, 0.1) is 17.4 Å². The highest BCUT2D eigenvalue weighted by molar-refractivity contribution is 5.76. The lowest BCUT2D eigenvalue weighted by molar-refractivity contribution is 0.386. The van der Waals surface area contributed by atoms with Gasteiger partial charge in [0.1, 0.15) is 0 Å². The first kappa shape index (κ1) is 12.1. The van der Waals surface area contributed by atoms with Gasteiger partial charge in [0.15, 0.2) is 0 Å². The quantitative estimate of drug-likeness (QED) is 0.806. The lowest BCUT2D eigenvalue weighted by atomic mass is 10.0. The van der Waals surface area contributed by atoms with Crippen LogP contribution in [0.3, 0.4) is 0 Å². The summed E-state index contributed by atoms with van der Waals surface area (Å²) in [6.45, 7) is 6.48. The van der Waals surface area contributed by atoms with Gasteiger partial charge in [-0.3, -0.25) is 0 Å². The Kier molecular flexibility index (Phi) is 3.48. The molecule has 0 aliphatic carbocycles. The number of likely N-dealkylation sites (N-methyl/N-ethyl adjacent to an activating group) is 1. The van der Waals surface area contributed by atoms with E-state index < -0.39 is 0 Å². The molecule has 2 rings (SSSR count). The van der Waals surface area contributed by atoms with E-state index in [0.717, 1.165) is 18.6 Å². The van der Waals surface area contributed by atoms with Crippen molar-refractivity contribution in [3.63, 3.8) is 0 Å². The molecule has 0 amide bonds. The van der Waals surface area contributed by atoms with Gasteiger partial charge in [0, 0.05) is 13.1 Å². The van der Waals surface area contributed by atoms with Gasteiger partial charge in [-0.2, -0.15) is 0 Å². The van der Waals surface area contributed by atoms with Gasteiger partial charge in [0.25, 0.3) is 0 Å². The molecule has 0 unspecified atom stereocenters. The predicted molar refractivity (Wildman–Crippen MR) is 72.4 cm³/mol. The molecule has 0 atom stereocenters. The highest BCUT2D eigenvalue weighted by Gasteiger charge is 2.06. The molecule has 0 radical (unpaired) electrons. The molecule has 1 aromatic heterocycles. The van der Waals surface area contributed by atoms with Gasteiger partial charge in [0.2, 0.25) is 0 Å². The largest absolute Gasteiger partial charge is 0.329 e. The molecule has 1 aromatic carbocycles. The number of benzene rings is 1. The van der Waals surface area contributed by atoms with Crippen molar-refractivity contribution < 1.29 is 0 Å². The van der Waals surface area contributed by atoms with Gasteiger partial charge in [-0.25, -0.2) is 4.98 Å². The second-order valence-electron chi connectivity index (χ2n) is 5.14. The van der Waals surface area contributed by atoms with Crippen molar-refractivity contribution in [2.45, 2.75) is 26.3 Å². The summed E-state index contributed by atoms with van der Waals surface area (Å²) in [7, 11) is 4.19. The summed E-state index contributed by atoms with van der Waals surface area (Å²) in [5.41, 5.74) is 3.72. The molecule has 0 spiro atoms. The van der Waals surface area contributed by atoms with Crippen molar-refractivity contribution in [1.29, 1.82) is 0 Å². The molecule has 1 heterocycles. The fraction of sp³-hybridized carbons (Fsp3) is 0.500. The molecule has 17 heavy (non-hydrogen) atoms. The zero-order valence-corrected chi connectivity index (χ0v) is 11.1. The Balaban J connectivity index is 2.33. The van der Waals surface area contributed by atoms with E-state index in [1.54, 1.807) is 0 Å². The number of hydrogen-bond donors (Lipinski definition) is 0. The van der Waals surface area contributed by atoms with Crippen molar-refractivity contribution in [1.82, 2.24) is 14.5 Å². The maximum absolute atomic E-state index is 4.44. The maximum Gasteiger partial charge on any atom is 0.0958 e. The normalized spacial score (nSPS) is 11.9. The van der Waals surface area contributed by atoms with Gasteiger partial charge in [-0.1, -0.05) is 19.9 Å². The maximum atomic E-state index is 4.44. The SMILES string of the molecule is CC(C)c1ccc2ncn(CCN(C)C)c2c1. The molecule has 0 aliphatic heterocycles. The molecular weight excluding hydrogens is 210 g/mol. The predicted octanol–water partition coefficient (Wildman–Crippen LogP) is 2.72. The molecule has 0 saturated heterocycles. The smallest absolute Gasteiger partial charge is 0.0958 e. The zero-order valence-electron chi connectivity index (χ0n) is 11.1. The Morgan fingerprint density at radius 1 is 1.29 bits per heavy atom. The van der Waals surface area contributed by atoms with Crippen molar-refractivity contribution in [3.8, 4) is 0 Å². The molecular formula is C14H21N3. The standard InChI is InChI=1S/C14H21N3/c1-11(2)12-5-6-13-14(9-12)17(10-15-13)8-7-16(3)4/h5-6,9-11H,7-8H2,1-4H3. The summed E-state index contributed by atoms with van der Waals surface area (Å²) in [5, 5.41) is 0. The fourth-order valence-electron chi connectivity index (χ4n) is 1.92. The molecule has 0 saturated carbocycles. The van der Waals surface area contributed by atoms with E-state index >= 15 is 0 Å². The van der Waals surface area contributed by atoms with Crippen molar-refractivity contribution in [3.05, 3.63) is 30.1 Å². The first-order chi connectivity index (χ1) is 8.08. The van der Waals surface area contributed by atoms with Crippen LogP contribution in [-0.2, 0) is 6.54 Å². The Bertz CT molecular complexity index is 497. The van der Waals surface area contributed by atoms with E-state index in [1.807, 2.05) is 6.33 Å². The number of rotatable bonds is 4. The van der Waals surface area contributed by atoms with E-state index in [4.69, 9.17) is 0 Å². The van der Waals surface area contributed by atoms with Crippen LogP contribution < -0.4 is 0 Å². The number of fused-ring (bicyclic) bond motifs is 1. The number of nitrogens with zero attached hydrogens (tertiary/aromatic N) is 3. The van der Waals surface area contributed by atoms with Crippen LogP contribution in [0.15, 0.2) is 24.5 Å². The lowest BCUT2D eigenvalue weighted by Crippen LogP contribution is -2.17. The summed E-state index contributed by atoms with van der Waals surface area (Å²) < 4.78 is 2.24. The van der Waals surface area contributed by atoms with E-state index in [-0.39, 0.29) is 0 Å². The van der Waals surface area contributed by atoms with Crippen molar-refractivity contribution in [2.24, 2.45) is 0 Å². The molecule has 0 aliphatic rings. The second kappa shape index (κ2) is 4.88. The minimum Gasteiger partial charge on any atom is -0.329 e. The van der Waals surface area contributed by atoms with Crippen LogP contribution in [0.1, 0.15) is 25.3 Å². The van der Waals surface area contributed by atoms with E-state index in [2.05, 4.69) is 60.6 Å². The fourth-order valence-corrected chi connectivity index (χ4v) is 1.92. The first-order valence-corrected chi connectivity index (χ1v) is 6.17. The van der Waals surface area contributed by atoms with Gasteiger partial charge in [-0.05, 0) is 37.7 Å². The van der Waals surface area contributed by atoms with Crippen LogP contribution >= 0.6 is 0 Å². The van der Waals surface area contributed by atoms with Crippen LogP contribution in [0.5, 0.6) is 0 Å². The van der Waals surface area contributed by atoms with Crippen molar-refractivity contribution in [2.75, 3.05) is 20.6 Å². The molecule has 3 heteroatoms. The third kappa shape index (κ3) is 2.67. The summed E-state index contributed by atoms with van der Waals surface area (Å²) in [5.74, 6) is 0.566. The van der Waals surface area contributed by atoms with Gasteiger partial charge < -0.3 is 9.47 Å². The summed E-state index contributed by atoms with van der Waals surface area (Å²) >= 11 is 0. The number of hydrogen-bond acceptors (Lipinski definition) is 2. The number of imidazole rings is 1. The Labute approximate surface area is 103 Å². The highest BCUT2D eigenvalue weighted by atomic mass is 15.1. The molecule has 0 bridgehead atoms. The van der Waals surface area contributed by atoms with Crippen LogP contribution in [0.4, 0.5) is 0 Å². The Morgan fingerprint density at radius 3 is 2.71 bits per heavy atom. The van der Waals surface area contributed by atoms with Crippen LogP contribution in [-0.4, -0.2) is 35.1 Å². The molecule has 3 nitrogen and oxygen atoms in total. The average molecular weight is 231 g/mol. The number of aromatic nitrogens is 2. The summed E-state index contributed by atoms with van der Waals surface area (Å²) in [6.07, 6.45) is 1.94. The van der Waals surface area contributed by atoms with E-state index in [9.17, 15) is 0 Å². The molecule has 0 N–H and O–H groups in total. The monoisotopic (exact) mass is 231 g/mol. The van der Waals surface area contributed by atoms with E-state index in [0.29, 0.717) is 5.92 Å². The average Bonchev–Trinajstić information content (AvgIpc) is 2.68. The molecule has 92 valence electrons. The van der Waals surface area contributed by atoms with Crippen LogP contribution in [0, 0.1) is 0 Å². The van der Waals surface area contributed by atoms with E-state index in [1.165, 1.54) is 11.1 Å². The Morgan fingerprint density at radius 2 is 2.06 bits per heavy atom. The zero-order chi connectivity index (χ0) is 12.4. The van der Waals surface area contributed by atoms with Crippen LogP contribution in [0.2, 0.25) is 0 Å². The minimum atomic E-state index is 0.566. The lowest BCUT2D eigenvalue weighted by Gasteiger charge is -2.11. The summed E-state index contributed by atoms with van der Waals surface area (Å²) in [4.78, 5) is 6.63. The second-order valence-corrected chi connectivity index (χ2v) is 5.14. The van der Waals surface area contributed by atoms with Gasteiger partial charge >= 0.3 is 0 Å². The summed E-state index contributed by atoms with van der Waals surface area (Å²) in [6, 6.07) is 6.57.